The number of non-ortho nitro benzene ring substituents is 1. The molecule has 0 bridgehead atoms. The molecule has 1 aromatic rings. The van der Waals surface area contributed by atoms with Crippen molar-refractivity contribution in [2.24, 2.45) is 0 Å². The Bertz CT molecular complexity index is 487. The fraction of sp³-hybridized carbons (Fsp3) is 0.417. The molecule has 1 atom stereocenters. The summed E-state index contributed by atoms with van der Waals surface area (Å²) >= 11 is 0. The van der Waals surface area contributed by atoms with E-state index in [4.69, 9.17) is 4.74 Å². The Morgan fingerprint density at radius 2 is 2.39 bits per heavy atom. The van der Waals surface area contributed by atoms with Crippen molar-refractivity contribution in [3.8, 4) is 5.75 Å². The van der Waals surface area contributed by atoms with Gasteiger partial charge in [0.2, 0.25) is 5.91 Å². The number of hydrogen-bond donors (Lipinski definition) is 1. The van der Waals surface area contributed by atoms with Crippen LogP contribution in [0.25, 0.3) is 0 Å². The molecule has 1 heterocycles. The van der Waals surface area contributed by atoms with Crippen LogP contribution in [-0.4, -0.2) is 23.5 Å². The molecule has 0 fully saturated rings. The number of ether oxygens (including phenoxy) is 1. The number of rotatable bonds is 3. The molecule has 1 aromatic carbocycles. The molecule has 1 amide bonds. The Kier molecular flexibility index (Phi) is 3.45. The molecule has 0 radical (unpaired) electrons. The van der Waals surface area contributed by atoms with Gasteiger partial charge in [-0.15, -0.1) is 0 Å². The predicted octanol–water partition coefficient (Wildman–Crippen LogP) is 1.42. The van der Waals surface area contributed by atoms with Crippen molar-refractivity contribution in [2.45, 2.75) is 25.8 Å². The minimum absolute atomic E-state index is 0.0415. The van der Waals surface area contributed by atoms with Gasteiger partial charge in [0.15, 0.2) is 0 Å². The minimum Gasteiger partial charge on any atom is -0.491 e. The van der Waals surface area contributed by atoms with Crippen LogP contribution in [0.5, 0.6) is 5.75 Å². The van der Waals surface area contributed by atoms with Gasteiger partial charge < -0.3 is 10.1 Å². The largest absolute Gasteiger partial charge is 0.491 e. The molecule has 0 saturated carbocycles. The number of nitro groups is 1. The Labute approximate surface area is 104 Å². The second-order valence-electron chi connectivity index (χ2n) is 4.18. The molecule has 0 saturated heterocycles. The number of amides is 1. The van der Waals surface area contributed by atoms with Crippen LogP contribution in [-0.2, 0) is 11.2 Å². The lowest BCUT2D eigenvalue weighted by Gasteiger charge is -2.25. The highest BCUT2D eigenvalue weighted by molar-refractivity contribution is 5.76. The summed E-state index contributed by atoms with van der Waals surface area (Å²) in [6.07, 6.45) is 0.973. The summed E-state index contributed by atoms with van der Waals surface area (Å²) in [7, 11) is 0. The summed E-state index contributed by atoms with van der Waals surface area (Å²) in [5.74, 6) is 0.611. The summed E-state index contributed by atoms with van der Waals surface area (Å²) in [5, 5.41) is 13.5. The van der Waals surface area contributed by atoms with Gasteiger partial charge in [-0.3, -0.25) is 14.9 Å². The van der Waals surface area contributed by atoms with Crippen LogP contribution in [0.1, 0.15) is 18.9 Å². The number of carbonyl (C=O) groups is 1. The van der Waals surface area contributed by atoms with Crippen molar-refractivity contribution in [3.05, 3.63) is 33.9 Å². The van der Waals surface area contributed by atoms with Crippen molar-refractivity contribution in [1.82, 2.24) is 5.32 Å². The summed E-state index contributed by atoms with van der Waals surface area (Å²) < 4.78 is 5.48. The second-order valence-corrected chi connectivity index (χ2v) is 4.18. The first-order valence-corrected chi connectivity index (χ1v) is 5.79. The van der Waals surface area contributed by atoms with Crippen molar-refractivity contribution < 1.29 is 14.5 Å². The first-order chi connectivity index (χ1) is 8.60. The maximum Gasteiger partial charge on any atom is 0.269 e. The Balaban J connectivity index is 2.14. The zero-order valence-corrected chi connectivity index (χ0v) is 10.0. The molecule has 1 unspecified atom stereocenters. The van der Waals surface area contributed by atoms with E-state index in [0.29, 0.717) is 25.2 Å². The van der Waals surface area contributed by atoms with Gasteiger partial charge >= 0.3 is 0 Å². The van der Waals surface area contributed by atoms with E-state index >= 15 is 0 Å². The van der Waals surface area contributed by atoms with Crippen molar-refractivity contribution in [3.63, 3.8) is 0 Å². The predicted molar refractivity (Wildman–Crippen MR) is 64.5 cm³/mol. The lowest BCUT2D eigenvalue weighted by atomic mass is 10.0. The van der Waals surface area contributed by atoms with Crippen molar-refractivity contribution in [2.75, 3.05) is 6.61 Å². The molecule has 0 aliphatic carbocycles. The van der Waals surface area contributed by atoms with E-state index in [0.717, 1.165) is 5.56 Å². The van der Waals surface area contributed by atoms with Crippen LogP contribution >= 0.6 is 0 Å². The molecule has 1 aliphatic heterocycles. The third-order valence-electron chi connectivity index (χ3n) is 2.85. The smallest absolute Gasteiger partial charge is 0.269 e. The Hall–Kier alpha value is -2.11. The SMILES string of the molecule is CCC(=O)NC1COc2ccc([N+](=O)[O-])cc2C1. The standard InChI is InChI=1S/C12H14N2O4/c1-2-12(15)13-9-5-8-6-10(14(16)17)3-4-11(8)18-7-9/h3-4,6,9H,2,5,7H2,1H3,(H,13,15). The summed E-state index contributed by atoms with van der Waals surface area (Å²) in [6.45, 7) is 2.17. The molecule has 0 spiro atoms. The number of nitrogens with zero attached hydrogens (tertiary/aromatic N) is 1. The molecule has 96 valence electrons. The normalized spacial score (nSPS) is 17.5. The lowest BCUT2D eigenvalue weighted by molar-refractivity contribution is -0.385. The number of nitrogens with one attached hydrogen (secondary N) is 1. The number of fused-ring (bicyclic) bond motifs is 1. The zero-order chi connectivity index (χ0) is 13.1. The van der Waals surface area contributed by atoms with Crippen LogP contribution in [0.3, 0.4) is 0 Å². The first kappa shape index (κ1) is 12.3. The number of benzene rings is 1. The lowest BCUT2D eigenvalue weighted by Crippen LogP contribution is -2.42. The van der Waals surface area contributed by atoms with Gasteiger partial charge in [0, 0.05) is 24.1 Å². The first-order valence-electron chi connectivity index (χ1n) is 5.79. The Morgan fingerprint density at radius 1 is 1.61 bits per heavy atom. The molecule has 2 rings (SSSR count). The highest BCUT2D eigenvalue weighted by Crippen LogP contribution is 2.28. The van der Waals surface area contributed by atoms with E-state index in [1.54, 1.807) is 13.0 Å². The van der Waals surface area contributed by atoms with Gasteiger partial charge in [-0.1, -0.05) is 6.92 Å². The zero-order valence-electron chi connectivity index (χ0n) is 10.0. The summed E-state index contributed by atoms with van der Waals surface area (Å²) in [5.41, 5.74) is 0.802. The van der Waals surface area contributed by atoms with Gasteiger partial charge in [-0.25, -0.2) is 0 Å². The average molecular weight is 250 g/mol. The molecule has 1 N–H and O–H groups in total. The number of nitro benzene ring substituents is 1. The van der Waals surface area contributed by atoms with Crippen LogP contribution in [0.4, 0.5) is 5.69 Å². The van der Waals surface area contributed by atoms with Crippen LogP contribution in [0.15, 0.2) is 18.2 Å². The third-order valence-corrected chi connectivity index (χ3v) is 2.85. The molecule has 6 nitrogen and oxygen atoms in total. The van der Waals surface area contributed by atoms with Crippen molar-refractivity contribution in [1.29, 1.82) is 0 Å². The van der Waals surface area contributed by atoms with Gasteiger partial charge in [-0.05, 0) is 12.5 Å². The summed E-state index contributed by atoms with van der Waals surface area (Å²) in [6, 6.07) is 4.40. The maximum atomic E-state index is 11.3. The summed E-state index contributed by atoms with van der Waals surface area (Å²) in [4.78, 5) is 21.5. The number of carbonyl (C=O) groups excluding carboxylic acids is 1. The quantitative estimate of drug-likeness (QED) is 0.649. The maximum absolute atomic E-state index is 11.3. The van der Waals surface area contributed by atoms with E-state index in [9.17, 15) is 14.9 Å². The highest BCUT2D eigenvalue weighted by Gasteiger charge is 2.22. The monoisotopic (exact) mass is 250 g/mol. The van der Waals surface area contributed by atoms with Gasteiger partial charge in [0.1, 0.15) is 12.4 Å². The molecular weight excluding hydrogens is 236 g/mol. The van der Waals surface area contributed by atoms with Gasteiger partial charge in [-0.2, -0.15) is 0 Å². The number of hydrogen-bond acceptors (Lipinski definition) is 4. The molecule has 18 heavy (non-hydrogen) atoms. The fourth-order valence-electron chi connectivity index (χ4n) is 1.92. The third kappa shape index (κ3) is 2.58. The van der Waals surface area contributed by atoms with Gasteiger partial charge in [0.25, 0.3) is 5.69 Å². The average Bonchev–Trinajstić information content (AvgIpc) is 2.37. The molecule has 6 heteroatoms. The van der Waals surface area contributed by atoms with E-state index in [1.807, 2.05) is 0 Å². The fourth-order valence-corrected chi connectivity index (χ4v) is 1.92. The van der Waals surface area contributed by atoms with E-state index in [2.05, 4.69) is 5.32 Å². The van der Waals surface area contributed by atoms with Crippen LogP contribution in [0.2, 0.25) is 0 Å². The topological polar surface area (TPSA) is 81.5 Å². The van der Waals surface area contributed by atoms with Crippen LogP contribution < -0.4 is 10.1 Å². The molecular formula is C12H14N2O4. The highest BCUT2D eigenvalue weighted by atomic mass is 16.6. The minimum atomic E-state index is -0.436. The van der Waals surface area contributed by atoms with E-state index in [-0.39, 0.29) is 17.6 Å². The Morgan fingerprint density at radius 3 is 3.06 bits per heavy atom. The second kappa shape index (κ2) is 5.03. The van der Waals surface area contributed by atoms with E-state index in [1.165, 1.54) is 12.1 Å². The van der Waals surface area contributed by atoms with Crippen LogP contribution in [0, 0.1) is 10.1 Å². The van der Waals surface area contributed by atoms with E-state index < -0.39 is 4.92 Å². The molecule has 1 aliphatic rings. The van der Waals surface area contributed by atoms with Gasteiger partial charge in [0.05, 0.1) is 11.0 Å². The molecule has 0 aromatic heterocycles. The van der Waals surface area contributed by atoms with Crippen molar-refractivity contribution >= 4 is 11.6 Å².